The summed E-state index contributed by atoms with van der Waals surface area (Å²) >= 11 is 0. The number of hydrogen-bond donors (Lipinski definition) is 0. The van der Waals surface area contributed by atoms with E-state index in [1.807, 2.05) is 62.5 Å². The molecule has 2 aromatic carbocycles. The molecule has 6 heteroatoms. The van der Waals surface area contributed by atoms with Crippen LogP contribution >= 0.6 is 0 Å². The molecule has 3 aliphatic rings. The van der Waals surface area contributed by atoms with Crippen molar-refractivity contribution >= 4 is 28.8 Å². The van der Waals surface area contributed by atoms with Gasteiger partial charge in [-0.15, -0.1) is 0 Å². The predicted molar refractivity (Wildman–Crippen MR) is 137 cm³/mol. The van der Waals surface area contributed by atoms with Crippen LogP contribution in [0.4, 0.5) is 11.4 Å². The lowest BCUT2D eigenvalue weighted by Crippen LogP contribution is -2.43. The lowest BCUT2D eigenvalue weighted by atomic mass is 9.99. The fraction of sp³-hybridized carbons (Fsp3) is 0.429. The topological polar surface area (TPSA) is 47.1 Å². The second-order valence-corrected chi connectivity index (χ2v) is 9.89. The Labute approximate surface area is 202 Å². The number of imide groups is 1. The molecule has 0 saturated carbocycles. The van der Waals surface area contributed by atoms with Gasteiger partial charge in [-0.1, -0.05) is 29.8 Å². The number of carbonyl (C=O) groups excluding carboxylic acids is 2. The van der Waals surface area contributed by atoms with E-state index in [4.69, 9.17) is 0 Å². The Kier molecular flexibility index (Phi) is 6.17. The molecule has 0 aromatic heterocycles. The Bertz CT molecular complexity index is 1090. The van der Waals surface area contributed by atoms with Gasteiger partial charge in [0.2, 0.25) is 0 Å². The molecule has 0 spiro atoms. The molecule has 3 heterocycles. The number of aryl methyl sites for hydroxylation is 1. The molecule has 0 unspecified atom stereocenters. The van der Waals surface area contributed by atoms with Gasteiger partial charge in [0.25, 0.3) is 11.8 Å². The SMILES string of the molecule is Cc1ccc(C2=C(N(C)C3CCN(C)CC3)C(=O)N(c3ccc(N4CCCC4)cc3)C2=O)cc1. The fourth-order valence-electron chi connectivity index (χ4n) is 5.41. The summed E-state index contributed by atoms with van der Waals surface area (Å²) < 4.78 is 0. The van der Waals surface area contributed by atoms with Crippen molar-refractivity contribution < 1.29 is 9.59 Å². The van der Waals surface area contributed by atoms with Gasteiger partial charge in [0.05, 0.1) is 11.3 Å². The summed E-state index contributed by atoms with van der Waals surface area (Å²) in [6, 6.07) is 16.0. The number of rotatable bonds is 5. The standard InChI is InChI=1S/C28H34N4O2/c1-20-6-8-21(9-7-20)25-26(30(3)22-14-18-29(2)19-15-22)28(34)32(27(25)33)24-12-10-23(11-13-24)31-16-4-5-17-31/h6-13,22H,4-5,14-19H2,1-3H3. The van der Waals surface area contributed by atoms with E-state index in [0.717, 1.165) is 55.8 Å². The molecular weight excluding hydrogens is 424 g/mol. The van der Waals surface area contributed by atoms with Gasteiger partial charge in [-0.3, -0.25) is 9.59 Å². The number of likely N-dealkylation sites (tertiary alicyclic amines) is 1. The van der Waals surface area contributed by atoms with Crippen LogP contribution in [-0.4, -0.2) is 67.9 Å². The number of hydrogen-bond acceptors (Lipinski definition) is 5. The van der Waals surface area contributed by atoms with Crippen molar-refractivity contribution in [2.45, 2.75) is 38.6 Å². The van der Waals surface area contributed by atoms with E-state index in [1.165, 1.54) is 17.7 Å². The van der Waals surface area contributed by atoms with E-state index in [2.05, 4.69) is 21.7 Å². The van der Waals surface area contributed by atoms with Crippen LogP contribution < -0.4 is 9.80 Å². The van der Waals surface area contributed by atoms with Gasteiger partial charge in [-0.2, -0.15) is 0 Å². The zero-order valence-electron chi connectivity index (χ0n) is 20.5. The van der Waals surface area contributed by atoms with Crippen LogP contribution in [0, 0.1) is 6.92 Å². The van der Waals surface area contributed by atoms with Crippen LogP contribution in [0.15, 0.2) is 54.2 Å². The van der Waals surface area contributed by atoms with Crippen molar-refractivity contribution in [2.75, 3.05) is 50.1 Å². The predicted octanol–water partition coefficient (Wildman–Crippen LogP) is 3.91. The minimum absolute atomic E-state index is 0.226. The molecule has 3 aliphatic heterocycles. The first kappa shape index (κ1) is 22.7. The molecule has 178 valence electrons. The summed E-state index contributed by atoms with van der Waals surface area (Å²) in [4.78, 5) is 35.7. The van der Waals surface area contributed by atoms with Gasteiger partial charge in [0, 0.05) is 31.9 Å². The minimum Gasteiger partial charge on any atom is -0.372 e. The Hall–Kier alpha value is -3.12. The van der Waals surface area contributed by atoms with E-state index in [9.17, 15) is 9.59 Å². The Morgan fingerprint density at radius 1 is 0.794 bits per heavy atom. The van der Waals surface area contributed by atoms with Crippen molar-refractivity contribution in [3.8, 4) is 0 Å². The van der Waals surface area contributed by atoms with Gasteiger partial charge in [-0.05, 0) is 82.6 Å². The molecule has 6 nitrogen and oxygen atoms in total. The lowest BCUT2D eigenvalue weighted by Gasteiger charge is -2.36. The van der Waals surface area contributed by atoms with E-state index in [0.29, 0.717) is 17.0 Å². The van der Waals surface area contributed by atoms with E-state index in [1.54, 1.807) is 0 Å². The summed E-state index contributed by atoms with van der Waals surface area (Å²) in [5.41, 5.74) is 4.74. The van der Waals surface area contributed by atoms with Crippen molar-refractivity contribution in [2.24, 2.45) is 0 Å². The van der Waals surface area contributed by atoms with Gasteiger partial charge < -0.3 is 14.7 Å². The lowest BCUT2D eigenvalue weighted by molar-refractivity contribution is -0.120. The van der Waals surface area contributed by atoms with Crippen molar-refractivity contribution in [1.82, 2.24) is 9.80 Å². The molecule has 2 fully saturated rings. The Morgan fingerprint density at radius 3 is 2.00 bits per heavy atom. The average molecular weight is 459 g/mol. The molecule has 0 atom stereocenters. The molecule has 2 saturated heterocycles. The van der Waals surface area contributed by atoms with Crippen molar-refractivity contribution in [1.29, 1.82) is 0 Å². The quantitative estimate of drug-likeness (QED) is 0.636. The molecule has 34 heavy (non-hydrogen) atoms. The van der Waals surface area contributed by atoms with Crippen LogP contribution in [0.1, 0.15) is 36.8 Å². The molecule has 0 bridgehead atoms. The van der Waals surface area contributed by atoms with Gasteiger partial charge in [0.15, 0.2) is 0 Å². The van der Waals surface area contributed by atoms with E-state index < -0.39 is 0 Å². The third-order valence-electron chi connectivity index (χ3n) is 7.57. The van der Waals surface area contributed by atoms with Crippen LogP contribution in [0.25, 0.3) is 5.57 Å². The molecule has 0 N–H and O–H groups in total. The smallest absolute Gasteiger partial charge is 0.282 e. The highest BCUT2D eigenvalue weighted by molar-refractivity contribution is 6.45. The number of benzene rings is 2. The zero-order valence-corrected chi connectivity index (χ0v) is 20.5. The molecule has 5 rings (SSSR count). The second kappa shape index (κ2) is 9.26. The minimum atomic E-state index is -0.238. The monoisotopic (exact) mass is 458 g/mol. The summed E-state index contributed by atoms with van der Waals surface area (Å²) in [5.74, 6) is -0.464. The maximum Gasteiger partial charge on any atom is 0.282 e. The maximum absolute atomic E-state index is 13.8. The number of piperidine rings is 1. The first-order valence-electron chi connectivity index (χ1n) is 12.4. The van der Waals surface area contributed by atoms with Crippen LogP contribution in [0.3, 0.4) is 0 Å². The highest BCUT2D eigenvalue weighted by atomic mass is 16.2. The fourth-order valence-corrected chi connectivity index (χ4v) is 5.41. The number of carbonyl (C=O) groups is 2. The second-order valence-electron chi connectivity index (χ2n) is 9.89. The molecule has 2 aromatic rings. The third-order valence-corrected chi connectivity index (χ3v) is 7.57. The zero-order chi connectivity index (χ0) is 23.8. The van der Waals surface area contributed by atoms with Crippen LogP contribution in [0.2, 0.25) is 0 Å². The van der Waals surface area contributed by atoms with Gasteiger partial charge in [-0.25, -0.2) is 4.90 Å². The first-order valence-corrected chi connectivity index (χ1v) is 12.4. The van der Waals surface area contributed by atoms with E-state index >= 15 is 0 Å². The Morgan fingerprint density at radius 2 is 1.38 bits per heavy atom. The molecular formula is C28H34N4O2. The van der Waals surface area contributed by atoms with Crippen molar-refractivity contribution in [3.63, 3.8) is 0 Å². The summed E-state index contributed by atoms with van der Waals surface area (Å²) in [7, 11) is 4.11. The van der Waals surface area contributed by atoms with Crippen molar-refractivity contribution in [3.05, 3.63) is 65.4 Å². The largest absolute Gasteiger partial charge is 0.372 e. The molecule has 2 amide bonds. The molecule has 0 radical (unpaired) electrons. The number of likely N-dealkylation sites (N-methyl/N-ethyl adjacent to an activating group) is 1. The normalized spacial score (nSPS) is 20.1. The van der Waals surface area contributed by atoms with Gasteiger partial charge >= 0.3 is 0 Å². The first-order chi connectivity index (χ1) is 16.4. The van der Waals surface area contributed by atoms with Gasteiger partial charge in [0.1, 0.15) is 5.70 Å². The highest BCUT2D eigenvalue weighted by Crippen LogP contribution is 2.37. The average Bonchev–Trinajstić information content (AvgIpc) is 3.47. The summed E-state index contributed by atoms with van der Waals surface area (Å²) in [6.07, 6.45) is 4.37. The number of amides is 2. The van der Waals surface area contributed by atoms with Crippen LogP contribution in [-0.2, 0) is 9.59 Å². The maximum atomic E-state index is 13.8. The highest BCUT2D eigenvalue weighted by Gasteiger charge is 2.43. The summed E-state index contributed by atoms with van der Waals surface area (Å²) in [5, 5.41) is 0. The number of anilines is 2. The number of nitrogens with zero attached hydrogens (tertiary/aromatic N) is 4. The molecule has 0 aliphatic carbocycles. The summed E-state index contributed by atoms with van der Waals surface area (Å²) in [6.45, 7) is 6.13. The third kappa shape index (κ3) is 4.11. The Balaban J connectivity index is 1.50. The van der Waals surface area contributed by atoms with Crippen LogP contribution in [0.5, 0.6) is 0 Å². The van der Waals surface area contributed by atoms with E-state index in [-0.39, 0.29) is 17.9 Å².